The zero-order valence-electron chi connectivity index (χ0n) is 71.5. The molecule has 24 rings (SSSR count). The zero-order valence-corrected chi connectivity index (χ0v) is 71.5. The van der Waals surface area contributed by atoms with Gasteiger partial charge in [0, 0.05) is 140 Å². The van der Waals surface area contributed by atoms with Crippen LogP contribution in [0.15, 0.2) is 261 Å². The van der Waals surface area contributed by atoms with Crippen molar-refractivity contribution in [3.05, 3.63) is 310 Å². The van der Waals surface area contributed by atoms with Gasteiger partial charge in [0.15, 0.2) is 24.8 Å². The molecule has 0 amide bonds. The third-order valence-corrected chi connectivity index (χ3v) is 29.5. The van der Waals surface area contributed by atoms with Crippen molar-refractivity contribution in [3.63, 3.8) is 0 Å². The molecule has 0 aliphatic heterocycles. The normalized spacial score (nSPS) is 15.7. The van der Waals surface area contributed by atoms with E-state index in [1.54, 1.807) is 0 Å². The molecule has 4 aliphatic rings. The van der Waals surface area contributed by atoms with Crippen molar-refractivity contribution in [1.82, 2.24) is 0 Å². The van der Waals surface area contributed by atoms with E-state index in [1.165, 1.54) is 198 Å². The molecule has 8 heteroatoms. The molecule has 0 saturated heterocycles. The van der Waals surface area contributed by atoms with Gasteiger partial charge in [-0.25, -0.2) is 18.3 Å². The minimum Gasteiger partial charge on any atom is -0.456 e. The molecular weight excluding hydrogens is 1440 g/mol. The highest BCUT2D eigenvalue weighted by molar-refractivity contribution is 6.26. The van der Waals surface area contributed by atoms with Crippen molar-refractivity contribution in [3.8, 4) is 45.0 Å². The maximum absolute atomic E-state index is 6.69. The van der Waals surface area contributed by atoms with E-state index in [9.17, 15) is 0 Å². The van der Waals surface area contributed by atoms with E-state index in [2.05, 4.69) is 400 Å². The smallest absolute Gasteiger partial charge is 0.216 e. The summed E-state index contributed by atoms with van der Waals surface area (Å²) in [6, 6.07) is 79.0. The average molecular weight is 1540 g/mol. The van der Waals surface area contributed by atoms with Gasteiger partial charge in [-0.05, 0) is 189 Å². The van der Waals surface area contributed by atoms with E-state index in [0.717, 1.165) is 44.7 Å². The number of aromatic nitrogens is 4. The Labute approximate surface area is 688 Å². The number of pyridine rings is 4. The number of fused-ring (bicyclic) bond motifs is 17. The summed E-state index contributed by atoms with van der Waals surface area (Å²) in [4.78, 5) is 0. The van der Waals surface area contributed by atoms with E-state index in [-0.39, 0.29) is 32.5 Å². The molecule has 4 aliphatic carbocycles. The van der Waals surface area contributed by atoms with Crippen LogP contribution in [-0.4, -0.2) is 0 Å². The molecule has 0 N–H and O–H groups in total. The summed E-state index contributed by atoms with van der Waals surface area (Å²) in [6.45, 7) is 37.3. The molecule has 0 radical (unpaired) electrons. The van der Waals surface area contributed by atoms with Crippen LogP contribution in [-0.2, 0) is 60.7 Å². The van der Waals surface area contributed by atoms with Gasteiger partial charge in [0.25, 0.3) is 0 Å². The zero-order chi connectivity index (χ0) is 81.8. The summed E-state index contributed by atoms with van der Waals surface area (Å²) in [6.07, 6.45) is 8.55. The summed E-state index contributed by atoms with van der Waals surface area (Å²) in [5, 5.41) is 20.3. The number of hydrogen-bond donors (Lipinski definition) is 0. The number of furan rings is 4. The van der Waals surface area contributed by atoms with Gasteiger partial charge in [-0.3, -0.25) is 0 Å². The molecule has 20 aromatic rings. The molecule has 0 spiro atoms. The minimum absolute atomic E-state index is 0.0429. The van der Waals surface area contributed by atoms with Crippen molar-refractivity contribution in [2.45, 2.75) is 143 Å². The number of nitrogens with zero attached hydrogens (tertiary/aromatic N) is 4. The van der Waals surface area contributed by atoms with Gasteiger partial charge in [0.2, 0.25) is 22.8 Å². The molecule has 0 saturated carbocycles. The van der Waals surface area contributed by atoms with Gasteiger partial charge >= 0.3 is 0 Å². The van der Waals surface area contributed by atoms with Crippen molar-refractivity contribution < 1.29 is 35.9 Å². The Hall–Kier alpha value is -12.5. The summed E-state index contributed by atoms with van der Waals surface area (Å²) in [7, 11) is 8.55. The predicted molar refractivity (Wildman–Crippen MR) is 487 cm³/mol. The third kappa shape index (κ3) is 9.83. The van der Waals surface area contributed by atoms with Crippen LogP contribution in [0.25, 0.3) is 176 Å². The second kappa shape index (κ2) is 25.0. The molecule has 580 valence electrons. The summed E-state index contributed by atoms with van der Waals surface area (Å²) >= 11 is 0. The lowest BCUT2D eigenvalue weighted by Crippen LogP contribution is -2.48. The monoisotopic (exact) mass is 1540 g/mol. The predicted octanol–water partition coefficient (Wildman–Crippen LogP) is 26.6. The lowest BCUT2D eigenvalue weighted by Gasteiger charge is -2.46. The van der Waals surface area contributed by atoms with Gasteiger partial charge in [-0.15, -0.1) is 0 Å². The highest BCUT2D eigenvalue weighted by atomic mass is 16.3. The quantitative estimate of drug-likeness (QED) is 0.162. The van der Waals surface area contributed by atoms with Crippen molar-refractivity contribution >= 4 is 131 Å². The Kier molecular flexibility index (Phi) is 15.5. The van der Waals surface area contributed by atoms with Crippen LogP contribution in [0.4, 0.5) is 0 Å². The summed E-state index contributed by atoms with van der Waals surface area (Å²) < 4.78 is 35.2. The second-order valence-corrected chi connectivity index (χ2v) is 37.6. The number of hydrogen-bond acceptors (Lipinski definition) is 4. The van der Waals surface area contributed by atoms with Crippen molar-refractivity contribution in [2.75, 3.05) is 0 Å². The van der Waals surface area contributed by atoms with Crippen LogP contribution in [0, 0.1) is 27.7 Å². The number of rotatable bonds is 2. The number of aryl methyl sites for hydroxylation is 8. The molecule has 118 heavy (non-hydrogen) atoms. The van der Waals surface area contributed by atoms with E-state index in [4.69, 9.17) is 17.7 Å². The van der Waals surface area contributed by atoms with Crippen LogP contribution in [0.3, 0.4) is 0 Å². The van der Waals surface area contributed by atoms with E-state index >= 15 is 0 Å². The van der Waals surface area contributed by atoms with Crippen LogP contribution in [0.1, 0.15) is 150 Å². The first-order chi connectivity index (χ1) is 56.4. The van der Waals surface area contributed by atoms with Crippen molar-refractivity contribution in [1.29, 1.82) is 0 Å². The highest BCUT2D eigenvalue weighted by Gasteiger charge is 2.53. The van der Waals surface area contributed by atoms with Gasteiger partial charge < -0.3 is 17.7 Å². The Balaban J connectivity index is 0.0000000979. The fourth-order valence-electron chi connectivity index (χ4n) is 22.0. The standard InChI is InChI=1S/2C29H28NO.2C26H22NO/c1-17-16-20-24-19-11-8-7-10-18(19)13-14-22(24)31-27(20)25-23(17)26-21(12-9-15-30(26)6)28(2,3)29(25,4)5;1-17-14-21-20-15-18-10-7-8-11-19(18)16-23(20)31-27(21)25-24(17)26-22(12-9-13-30(26)6)28(2,3)29(25,4)5;1-15-17(20-10-5-6-13-27(20)4)14-19-23-24-21(28-25(15)23)12-11-16-8-7-9-18(22(16)24)26(19,2)3;1-15-14-20-24-23-19(28-20)12-11-16-8-7-9-17(22(16)23)26(2,3)25(24)21(15)18-10-5-6-13-27(18)4/h2*7-16H,1-6H3;2*5-14H,1-4H3/q4*+1. The lowest BCUT2D eigenvalue weighted by atomic mass is 9.55. The largest absolute Gasteiger partial charge is 0.456 e. The maximum Gasteiger partial charge on any atom is 0.216 e. The summed E-state index contributed by atoms with van der Waals surface area (Å²) in [5.74, 6) is 0. The molecule has 8 heterocycles. The highest BCUT2D eigenvalue weighted by Crippen LogP contribution is 2.61. The maximum atomic E-state index is 6.69. The molecule has 0 fully saturated rings. The van der Waals surface area contributed by atoms with Crippen LogP contribution in [0.2, 0.25) is 0 Å². The average Bonchev–Trinajstić information content (AvgIpc) is 1.40. The first kappa shape index (κ1) is 73.1. The third-order valence-electron chi connectivity index (χ3n) is 29.5. The first-order valence-corrected chi connectivity index (χ1v) is 41.9. The first-order valence-electron chi connectivity index (χ1n) is 41.9. The van der Waals surface area contributed by atoms with Crippen LogP contribution in [0.5, 0.6) is 0 Å². The van der Waals surface area contributed by atoms with Crippen molar-refractivity contribution in [2.24, 2.45) is 28.2 Å². The Bertz CT molecular complexity index is 7840. The van der Waals surface area contributed by atoms with Gasteiger partial charge in [0.05, 0.1) is 22.3 Å². The Morgan fingerprint density at radius 3 is 1.31 bits per heavy atom. The molecule has 0 bridgehead atoms. The van der Waals surface area contributed by atoms with E-state index in [1.807, 2.05) is 0 Å². The molecule has 8 nitrogen and oxygen atoms in total. The van der Waals surface area contributed by atoms with E-state index < -0.39 is 0 Å². The van der Waals surface area contributed by atoms with Gasteiger partial charge in [0.1, 0.15) is 72.9 Å². The van der Waals surface area contributed by atoms with Gasteiger partial charge in [-0.2, -0.15) is 0 Å². The van der Waals surface area contributed by atoms with E-state index in [0.29, 0.717) is 0 Å². The molecule has 0 unspecified atom stereocenters. The second-order valence-electron chi connectivity index (χ2n) is 37.6. The molecule has 12 aromatic carbocycles. The Morgan fingerprint density at radius 2 is 0.712 bits per heavy atom. The SMILES string of the molecule is Cc1c(-c2cccc[n+]2C)cc2c3c1oc1ccc4cccc(c4c13)C2(C)C.Cc1cc2c(oc3cc4ccccc4cc32)c2c1-c1c(ccc[n+]1C)C(C)(C)C2(C)C.Cc1cc2c(oc3ccc4ccccc4c32)c2c1-c1c(ccc[n+]1C)C(C)(C)C2(C)C.Cc1cc2oc3ccc4cccc5c4c3c2c(c1-c1cccc[n+]1C)C5(C)C. The molecular formula is C110H100N4O4+4. The van der Waals surface area contributed by atoms with Crippen LogP contribution >= 0.6 is 0 Å². The fraction of sp³-hybridized carbons (Fsp3) is 0.236. The Morgan fingerprint density at radius 1 is 0.254 bits per heavy atom. The van der Waals surface area contributed by atoms with Gasteiger partial charge in [-0.1, -0.05) is 186 Å². The van der Waals surface area contributed by atoms with Crippen LogP contribution < -0.4 is 18.3 Å². The molecule has 0 atom stereocenters. The lowest BCUT2D eigenvalue weighted by molar-refractivity contribution is -0.661. The topological polar surface area (TPSA) is 68.1 Å². The fourth-order valence-corrected chi connectivity index (χ4v) is 22.0. The number of benzene rings is 12. The summed E-state index contributed by atoms with van der Waals surface area (Å²) in [5.41, 5.74) is 33.9. The minimum atomic E-state index is -0.118. The molecule has 8 aromatic heterocycles.